The molecule has 1 unspecified atom stereocenters. The maximum absolute atomic E-state index is 6.43. The van der Waals surface area contributed by atoms with E-state index in [1.165, 1.54) is 0 Å². The SMILES string of the molecule is S=C(NCCCC1(Cl)CC=CS1)Nc1ccccn1. The standard InChI is InChI=1S/C13H16ClN3S2/c14-13(7-4-10-19-13)6-3-9-16-12(18)17-11-5-1-2-8-15-11/h1-2,4-5,8,10H,3,6-7,9H2,(H2,15,16,17,18). The highest BCUT2D eigenvalue weighted by Crippen LogP contribution is 2.43. The summed E-state index contributed by atoms with van der Waals surface area (Å²) in [6.45, 7) is 0.813. The van der Waals surface area contributed by atoms with E-state index < -0.39 is 0 Å². The van der Waals surface area contributed by atoms with Crippen molar-refractivity contribution in [1.82, 2.24) is 10.3 Å². The Balaban J connectivity index is 1.62. The maximum atomic E-state index is 6.43. The Kier molecular flexibility index (Phi) is 5.48. The van der Waals surface area contributed by atoms with Gasteiger partial charge in [-0.3, -0.25) is 0 Å². The molecule has 6 heteroatoms. The minimum atomic E-state index is -0.141. The summed E-state index contributed by atoms with van der Waals surface area (Å²) < 4.78 is -0.141. The van der Waals surface area contributed by atoms with E-state index in [4.69, 9.17) is 23.8 Å². The van der Waals surface area contributed by atoms with E-state index in [9.17, 15) is 0 Å². The number of pyridine rings is 1. The lowest BCUT2D eigenvalue weighted by Crippen LogP contribution is -2.30. The van der Waals surface area contributed by atoms with Crippen LogP contribution in [0.1, 0.15) is 19.3 Å². The topological polar surface area (TPSA) is 37.0 Å². The molecule has 0 bridgehead atoms. The second kappa shape index (κ2) is 7.12. The molecule has 1 atom stereocenters. The number of allylic oxidation sites excluding steroid dienone is 1. The number of aromatic nitrogens is 1. The largest absolute Gasteiger partial charge is 0.362 e. The summed E-state index contributed by atoms with van der Waals surface area (Å²) in [7, 11) is 0. The van der Waals surface area contributed by atoms with Crippen molar-refractivity contribution >= 4 is 46.5 Å². The molecule has 1 aliphatic heterocycles. The highest BCUT2D eigenvalue weighted by molar-refractivity contribution is 8.04. The molecular weight excluding hydrogens is 298 g/mol. The molecule has 1 aliphatic rings. The zero-order chi connectivity index (χ0) is 13.6. The van der Waals surface area contributed by atoms with Gasteiger partial charge in [0.2, 0.25) is 0 Å². The number of thiocarbonyl (C=S) groups is 1. The highest BCUT2D eigenvalue weighted by Gasteiger charge is 2.28. The molecule has 1 aromatic heterocycles. The summed E-state index contributed by atoms with van der Waals surface area (Å²) in [5, 5.41) is 8.88. The van der Waals surface area contributed by atoms with Gasteiger partial charge in [0.25, 0.3) is 0 Å². The second-order valence-electron chi connectivity index (χ2n) is 4.28. The van der Waals surface area contributed by atoms with Crippen LogP contribution in [0.25, 0.3) is 0 Å². The number of hydrogen-bond acceptors (Lipinski definition) is 3. The normalized spacial score (nSPS) is 21.3. The van der Waals surface area contributed by atoms with Crippen LogP contribution in [-0.4, -0.2) is 20.8 Å². The molecule has 2 heterocycles. The van der Waals surface area contributed by atoms with Gasteiger partial charge in [0.1, 0.15) is 5.82 Å². The molecule has 0 saturated carbocycles. The number of rotatable bonds is 5. The van der Waals surface area contributed by atoms with Gasteiger partial charge in [0, 0.05) is 12.7 Å². The first-order valence-corrected chi connectivity index (χ1v) is 7.82. The molecule has 1 aromatic rings. The van der Waals surface area contributed by atoms with E-state index >= 15 is 0 Å². The second-order valence-corrected chi connectivity index (χ2v) is 6.92. The number of hydrogen-bond donors (Lipinski definition) is 2. The lowest BCUT2D eigenvalue weighted by molar-refractivity contribution is 0.653. The van der Waals surface area contributed by atoms with Crippen molar-refractivity contribution in [2.75, 3.05) is 11.9 Å². The third-order valence-electron chi connectivity index (χ3n) is 2.72. The molecule has 2 N–H and O–H groups in total. The van der Waals surface area contributed by atoms with Crippen LogP contribution in [0.2, 0.25) is 0 Å². The predicted molar refractivity (Wildman–Crippen MR) is 87.6 cm³/mol. The minimum Gasteiger partial charge on any atom is -0.362 e. The average Bonchev–Trinajstić information content (AvgIpc) is 2.83. The van der Waals surface area contributed by atoms with Crippen LogP contribution < -0.4 is 10.6 Å². The van der Waals surface area contributed by atoms with Gasteiger partial charge in [-0.05, 0) is 49.0 Å². The van der Waals surface area contributed by atoms with Gasteiger partial charge in [0.15, 0.2) is 5.11 Å². The van der Waals surface area contributed by atoms with E-state index in [2.05, 4.69) is 27.1 Å². The van der Waals surface area contributed by atoms with Gasteiger partial charge in [-0.15, -0.1) is 23.4 Å². The van der Waals surface area contributed by atoms with Crippen LogP contribution >= 0.6 is 35.6 Å². The Morgan fingerprint density at radius 3 is 3.11 bits per heavy atom. The molecule has 2 rings (SSSR count). The van der Waals surface area contributed by atoms with E-state index in [1.54, 1.807) is 18.0 Å². The summed E-state index contributed by atoms with van der Waals surface area (Å²) in [6.07, 6.45) is 6.74. The molecular formula is C13H16ClN3S2. The van der Waals surface area contributed by atoms with Crippen molar-refractivity contribution < 1.29 is 0 Å². The first-order chi connectivity index (χ1) is 9.18. The van der Waals surface area contributed by atoms with Crippen LogP contribution in [0.5, 0.6) is 0 Å². The fraction of sp³-hybridized carbons (Fsp3) is 0.385. The van der Waals surface area contributed by atoms with Gasteiger partial charge < -0.3 is 10.6 Å². The molecule has 0 saturated heterocycles. The van der Waals surface area contributed by atoms with Gasteiger partial charge >= 0.3 is 0 Å². The summed E-state index contributed by atoms with van der Waals surface area (Å²) in [5.41, 5.74) is 0. The summed E-state index contributed by atoms with van der Waals surface area (Å²) in [5.74, 6) is 0.754. The third kappa shape index (κ3) is 5.01. The molecule has 0 spiro atoms. The Bertz CT molecular complexity index is 442. The van der Waals surface area contributed by atoms with E-state index in [-0.39, 0.29) is 4.21 Å². The molecule has 0 amide bonds. The molecule has 19 heavy (non-hydrogen) atoms. The van der Waals surface area contributed by atoms with Gasteiger partial charge in [-0.1, -0.05) is 12.1 Å². The smallest absolute Gasteiger partial charge is 0.171 e. The van der Waals surface area contributed by atoms with Crippen molar-refractivity contribution in [1.29, 1.82) is 0 Å². The molecule has 102 valence electrons. The highest BCUT2D eigenvalue weighted by atomic mass is 35.5. The van der Waals surface area contributed by atoms with Crippen molar-refractivity contribution in [3.63, 3.8) is 0 Å². The van der Waals surface area contributed by atoms with Crippen molar-refractivity contribution in [3.8, 4) is 0 Å². The van der Waals surface area contributed by atoms with Crippen LogP contribution in [0, 0.1) is 0 Å². The van der Waals surface area contributed by atoms with Crippen molar-refractivity contribution in [2.24, 2.45) is 0 Å². The van der Waals surface area contributed by atoms with Crippen molar-refractivity contribution in [2.45, 2.75) is 23.5 Å². The van der Waals surface area contributed by atoms with Crippen LogP contribution in [-0.2, 0) is 0 Å². The zero-order valence-electron chi connectivity index (χ0n) is 10.4. The average molecular weight is 314 g/mol. The molecule has 3 nitrogen and oxygen atoms in total. The predicted octanol–water partition coefficient (Wildman–Crippen LogP) is 3.73. The van der Waals surface area contributed by atoms with Gasteiger partial charge in [-0.25, -0.2) is 4.98 Å². The van der Waals surface area contributed by atoms with E-state index in [1.807, 2.05) is 18.2 Å². The molecule has 0 radical (unpaired) electrons. The Morgan fingerprint density at radius 1 is 1.53 bits per heavy atom. The fourth-order valence-corrected chi connectivity index (χ4v) is 3.23. The van der Waals surface area contributed by atoms with E-state index in [0.29, 0.717) is 5.11 Å². The van der Waals surface area contributed by atoms with Gasteiger partial charge in [0.05, 0.1) is 4.21 Å². The summed E-state index contributed by atoms with van der Waals surface area (Å²) in [6, 6.07) is 5.66. The zero-order valence-corrected chi connectivity index (χ0v) is 12.8. The number of nitrogens with one attached hydrogen (secondary N) is 2. The lowest BCUT2D eigenvalue weighted by atomic mass is 10.2. The quantitative estimate of drug-likeness (QED) is 0.492. The fourth-order valence-electron chi connectivity index (χ4n) is 1.75. The number of halogens is 1. The number of anilines is 1. The number of nitrogens with zero attached hydrogens (tertiary/aromatic N) is 1. The molecule has 0 aliphatic carbocycles. The first-order valence-electron chi connectivity index (χ1n) is 6.16. The Hall–Kier alpha value is -0.780. The first kappa shape index (κ1) is 14.6. The van der Waals surface area contributed by atoms with Crippen LogP contribution in [0.3, 0.4) is 0 Å². The summed E-state index contributed by atoms with van der Waals surface area (Å²) >= 11 is 13.3. The third-order valence-corrected chi connectivity index (χ3v) is 4.70. The van der Waals surface area contributed by atoms with E-state index in [0.717, 1.165) is 31.6 Å². The van der Waals surface area contributed by atoms with Crippen molar-refractivity contribution in [3.05, 3.63) is 35.9 Å². The Morgan fingerprint density at radius 2 is 2.42 bits per heavy atom. The van der Waals surface area contributed by atoms with Crippen LogP contribution in [0.15, 0.2) is 35.9 Å². The van der Waals surface area contributed by atoms with Crippen LogP contribution in [0.4, 0.5) is 5.82 Å². The molecule has 0 aromatic carbocycles. The maximum Gasteiger partial charge on any atom is 0.171 e. The minimum absolute atomic E-state index is 0.141. The Labute approximate surface area is 128 Å². The molecule has 0 fully saturated rings. The monoisotopic (exact) mass is 313 g/mol. The lowest BCUT2D eigenvalue weighted by Gasteiger charge is -2.19. The van der Waals surface area contributed by atoms with Gasteiger partial charge in [-0.2, -0.15) is 0 Å². The summed E-state index contributed by atoms with van der Waals surface area (Å²) in [4.78, 5) is 4.15. The number of alkyl halides is 1. The number of thioether (sulfide) groups is 1.